The molecule has 1 amide bonds. The molecule has 1 fully saturated rings. The van der Waals surface area contributed by atoms with E-state index in [0.717, 1.165) is 24.3 Å². The number of nitrogens with two attached hydrogens (primary N) is 2. The number of benzene rings is 1. The van der Waals surface area contributed by atoms with Gasteiger partial charge in [-0.05, 0) is 6.42 Å². The Bertz CT molecular complexity index is 658. The molecule has 2 aromatic rings. The number of nitrogen functional groups attached to an aromatic ring is 1. The minimum absolute atomic E-state index is 0.124. The lowest BCUT2D eigenvalue weighted by Crippen LogP contribution is -2.27. The molecule has 1 aromatic heterocycles. The molecule has 21 heavy (non-hydrogen) atoms. The second-order valence-electron chi connectivity index (χ2n) is 5.17. The summed E-state index contributed by atoms with van der Waals surface area (Å²) in [7, 11) is 0. The van der Waals surface area contributed by atoms with Crippen molar-refractivity contribution < 1.29 is 4.79 Å². The van der Waals surface area contributed by atoms with Crippen LogP contribution in [0, 0.1) is 5.92 Å². The molecule has 6 nitrogen and oxygen atoms in total. The first-order valence-electron chi connectivity index (χ1n) is 6.88. The summed E-state index contributed by atoms with van der Waals surface area (Å²) in [5.74, 6) is 1.36. The maximum absolute atomic E-state index is 11.3. The van der Waals surface area contributed by atoms with Gasteiger partial charge in [-0.3, -0.25) is 4.79 Å². The number of amides is 1. The normalized spacial score (nSPS) is 17.9. The smallest absolute Gasteiger partial charge is 0.222 e. The van der Waals surface area contributed by atoms with Gasteiger partial charge in [0.25, 0.3) is 0 Å². The van der Waals surface area contributed by atoms with E-state index in [-0.39, 0.29) is 11.8 Å². The van der Waals surface area contributed by atoms with E-state index < -0.39 is 0 Å². The Hall–Kier alpha value is -2.63. The minimum atomic E-state index is -0.261. The molecular formula is C15H17N5O. The second-order valence-corrected chi connectivity index (χ2v) is 5.17. The summed E-state index contributed by atoms with van der Waals surface area (Å²) in [6.45, 7) is 1.33. The van der Waals surface area contributed by atoms with Crippen LogP contribution in [0.5, 0.6) is 0 Å². The van der Waals surface area contributed by atoms with Crippen molar-refractivity contribution in [2.24, 2.45) is 11.7 Å². The largest absolute Gasteiger partial charge is 0.384 e. The van der Waals surface area contributed by atoms with E-state index >= 15 is 0 Å². The van der Waals surface area contributed by atoms with Crippen LogP contribution in [0.15, 0.2) is 36.4 Å². The zero-order valence-electron chi connectivity index (χ0n) is 11.6. The summed E-state index contributed by atoms with van der Waals surface area (Å²) in [5, 5.41) is 0. The highest BCUT2D eigenvalue weighted by Crippen LogP contribution is 2.25. The number of primary amides is 1. The van der Waals surface area contributed by atoms with Gasteiger partial charge >= 0.3 is 0 Å². The molecule has 0 aliphatic carbocycles. The van der Waals surface area contributed by atoms with Crippen LogP contribution in [-0.2, 0) is 4.79 Å². The van der Waals surface area contributed by atoms with Crippen LogP contribution in [0.25, 0.3) is 11.4 Å². The van der Waals surface area contributed by atoms with Crippen LogP contribution in [-0.4, -0.2) is 29.0 Å². The van der Waals surface area contributed by atoms with Gasteiger partial charge in [0.2, 0.25) is 5.91 Å². The third-order valence-corrected chi connectivity index (χ3v) is 3.68. The number of aromatic nitrogens is 2. The summed E-state index contributed by atoms with van der Waals surface area (Å²) in [6, 6.07) is 11.4. The highest BCUT2D eigenvalue weighted by Gasteiger charge is 2.27. The summed E-state index contributed by atoms with van der Waals surface area (Å²) < 4.78 is 0. The Kier molecular flexibility index (Phi) is 3.43. The standard InChI is InChI=1S/C15H17N5O/c16-12-8-13(20-7-6-11(9-20)14(17)21)19-15(18-12)10-4-2-1-3-5-10/h1-5,8,11H,6-7,9H2,(H2,17,21)(H2,16,18,19). The van der Waals surface area contributed by atoms with Crippen LogP contribution in [0.4, 0.5) is 11.6 Å². The van der Waals surface area contributed by atoms with E-state index in [9.17, 15) is 4.79 Å². The van der Waals surface area contributed by atoms with Crippen molar-refractivity contribution in [2.45, 2.75) is 6.42 Å². The molecule has 2 heterocycles. The molecule has 0 saturated carbocycles. The maximum Gasteiger partial charge on any atom is 0.222 e. The van der Waals surface area contributed by atoms with E-state index in [1.807, 2.05) is 35.2 Å². The Labute approximate surface area is 122 Å². The molecule has 1 aliphatic rings. The fourth-order valence-electron chi connectivity index (χ4n) is 2.53. The highest BCUT2D eigenvalue weighted by molar-refractivity contribution is 5.78. The van der Waals surface area contributed by atoms with Crippen molar-refractivity contribution in [1.29, 1.82) is 0 Å². The molecule has 4 N–H and O–H groups in total. The fourth-order valence-corrected chi connectivity index (χ4v) is 2.53. The van der Waals surface area contributed by atoms with E-state index in [0.29, 0.717) is 18.2 Å². The van der Waals surface area contributed by atoms with Crippen molar-refractivity contribution in [3.8, 4) is 11.4 Å². The summed E-state index contributed by atoms with van der Waals surface area (Å²) in [4.78, 5) is 22.1. The first-order valence-corrected chi connectivity index (χ1v) is 6.88. The van der Waals surface area contributed by atoms with Crippen molar-refractivity contribution in [3.63, 3.8) is 0 Å². The van der Waals surface area contributed by atoms with Crippen molar-refractivity contribution in [2.75, 3.05) is 23.7 Å². The average Bonchev–Trinajstić information content (AvgIpc) is 2.98. The number of rotatable bonds is 3. The SMILES string of the molecule is NC(=O)C1CCN(c2cc(N)nc(-c3ccccc3)n2)C1. The van der Waals surface area contributed by atoms with Crippen LogP contribution < -0.4 is 16.4 Å². The third-order valence-electron chi connectivity index (χ3n) is 3.68. The Morgan fingerprint density at radius 3 is 2.67 bits per heavy atom. The van der Waals surface area contributed by atoms with Crippen molar-refractivity contribution in [1.82, 2.24) is 9.97 Å². The number of anilines is 2. The van der Waals surface area contributed by atoms with E-state index in [1.54, 1.807) is 6.07 Å². The number of carbonyl (C=O) groups is 1. The lowest BCUT2D eigenvalue weighted by molar-refractivity contribution is -0.121. The molecule has 0 radical (unpaired) electrons. The zero-order chi connectivity index (χ0) is 14.8. The van der Waals surface area contributed by atoms with Gasteiger partial charge in [0.15, 0.2) is 5.82 Å². The Morgan fingerprint density at radius 2 is 2.00 bits per heavy atom. The van der Waals surface area contributed by atoms with Crippen LogP contribution >= 0.6 is 0 Å². The molecule has 3 rings (SSSR count). The van der Waals surface area contributed by atoms with Gasteiger partial charge in [0.05, 0.1) is 5.92 Å². The molecule has 1 aliphatic heterocycles. The Balaban J connectivity index is 1.91. The lowest BCUT2D eigenvalue weighted by atomic mass is 10.1. The Morgan fingerprint density at radius 1 is 1.24 bits per heavy atom. The van der Waals surface area contributed by atoms with Crippen molar-refractivity contribution in [3.05, 3.63) is 36.4 Å². The monoisotopic (exact) mass is 283 g/mol. The second kappa shape index (κ2) is 5.40. The molecule has 108 valence electrons. The molecule has 1 atom stereocenters. The number of nitrogens with zero attached hydrogens (tertiary/aromatic N) is 3. The maximum atomic E-state index is 11.3. The molecule has 0 spiro atoms. The van der Waals surface area contributed by atoms with Crippen LogP contribution in [0.2, 0.25) is 0 Å². The molecule has 0 bridgehead atoms. The van der Waals surface area contributed by atoms with Gasteiger partial charge in [-0.25, -0.2) is 9.97 Å². The summed E-state index contributed by atoms with van der Waals surface area (Å²) in [6.07, 6.45) is 0.750. The van der Waals surface area contributed by atoms with Gasteiger partial charge in [0, 0.05) is 24.7 Å². The van der Waals surface area contributed by atoms with Gasteiger partial charge < -0.3 is 16.4 Å². The van der Waals surface area contributed by atoms with Gasteiger partial charge in [0.1, 0.15) is 11.6 Å². The summed E-state index contributed by atoms with van der Waals surface area (Å²) in [5.41, 5.74) is 12.2. The van der Waals surface area contributed by atoms with Gasteiger partial charge in [-0.15, -0.1) is 0 Å². The van der Waals surface area contributed by atoms with E-state index in [4.69, 9.17) is 11.5 Å². The number of carbonyl (C=O) groups excluding carboxylic acids is 1. The highest BCUT2D eigenvalue weighted by atomic mass is 16.1. The van der Waals surface area contributed by atoms with E-state index in [1.165, 1.54) is 0 Å². The number of hydrogen-bond acceptors (Lipinski definition) is 5. The van der Waals surface area contributed by atoms with Crippen LogP contribution in [0.3, 0.4) is 0 Å². The van der Waals surface area contributed by atoms with E-state index in [2.05, 4.69) is 9.97 Å². The zero-order valence-corrected chi connectivity index (χ0v) is 11.6. The molecule has 1 aromatic carbocycles. The quantitative estimate of drug-likeness (QED) is 0.877. The average molecular weight is 283 g/mol. The van der Waals surface area contributed by atoms with Crippen molar-refractivity contribution >= 4 is 17.5 Å². The fraction of sp³-hybridized carbons (Fsp3) is 0.267. The van der Waals surface area contributed by atoms with Gasteiger partial charge in [-0.1, -0.05) is 30.3 Å². The molecular weight excluding hydrogens is 266 g/mol. The first kappa shape index (κ1) is 13.4. The third kappa shape index (κ3) is 2.79. The predicted molar refractivity (Wildman–Crippen MR) is 81.4 cm³/mol. The number of hydrogen-bond donors (Lipinski definition) is 2. The molecule has 1 saturated heterocycles. The topological polar surface area (TPSA) is 98.1 Å². The summed E-state index contributed by atoms with van der Waals surface area (Å²) >= 11 is 0. The molecule has 6 heteroatoms. The van der Waals surface area contributed by atoms with Crippen LogP contribution in [0.1, 0.15) is 6.42 Å². The lowest BCUT2D eigenvalue weighted by Gasteiger charge is -2.18. The molecule has 1 unspecified atom stereocenters. The first-order chi connectivity index (χ1) is 10.1. The minimum Gasteiger partial charge on any atom is -0.384 e. The predicted octanol–water partition coefficient (Wildman–Crippen LogP) is 1.04. The van der Waals surface area contributed by atoms with Gasteiger partial charge in [-0.2, -0.15) is 0 Å².